The van der Waals surface area contributed by atoms with E-state index >= 15 is 0 Å². The molecule has 0 aromatic carbocycles. The molecular weight excluding hydrogens is 276 g/mol. The van der Waals surface area contributed by atoms with Crippen LogP contribution in [0, 0.1) is 11.8 Å². The molecule has 1 unspecified atom stereocenters. The highest BCUT2D eigenvalue weighted by Gasteiger charge is 2.17. The highest BCUT2D eigenvalue weighted by molar-refractivity contribution is 7.99. The van der Waals surface area contributed by atoms with Gasteiger partial charge >= 0.3 is 5.97 Å². The van der Waals surface area contributed by atoms with Crippen molar-refractivity contribution in [2.45, 2.75) is 40.2 Å². The van der Waals surface area contributed by atoms with Crippen LogP contribution in [0.15, 0.2) is 0 Å². The Hall–Kier alpha value is -0.750. The molecule has 5 nitrogen and oxygen atoms in total. The van der Waals surface area contributed by atoms with Gasteiger partial charge in [-0.15, -0.1) is 0 Å². The van der Waals surface area contributed by atoms with Gasteiger partial charge in [-0.3, -0.25) is 9.59 Å². The summed E-state index contributed by atoms with van der Waals surface area (Å²) in [4.78, 5) is 24.6. The molecule has 0 fully saturated rings. The number of thioether (sulfide) groups is 1. The minimum absolute atomic E-state index is 0.126. The van der Waals surface area contributed by atoms with Gasteiger partial charge < -0.3 is 15.7 Å². The van der Waals surface area contributed by atoms with Gasteiger partial charge in [0.2, 0.25) is 5.91 Å². The summed E-state index contributed by atoms with van der Waals surface area (Å²) < 4.78 is 0. The molecule has 0 aliphatic heterocycles. The molecule has 0 heterocycles. The zero-order chi connectivity index (χ0) is 15.7. The van der Waals surface area contributed by atoms with E-state index in [1.807, 2.05) is 4.90 Å². The van der Waals surface area contributed by atoms with E-state index in [-0.39, 0.29) is 5.91 Å². The summed E-state index contributed by atoms with van der Waals surface area (Å²) in [6.45, 7) is 9.93. The van der Waals surface area contributed by atoms with Crippen molar-refractivity contribution >= 4 is 23.6 Å². The third-order valence-electron chi connectivity index (χ3n) is 2.64. The molecule has 0 aromatic heterocycles. The van der Waals surface area contributed by atoms with Crippen LogP contribution in [0.2, 0.25) is 0 Å². The Bertz CT molecular complexity index is 299. The Morgan fingerprint density at radius 1 is 1.15 bits per heavy atom. The van der Waals surface area contributed by atoms with Gasteiger partial charge in [0.25, 0.3) is 0 Å². The molecule has 0 spiro atoms. The summed E-state index contributed by atoms with van der Waals surface area (Å²) in [6.07, 6.45) is 0.391. The van der Waals surface area contributed by atoms with Crippen molar-refractivity contribution in [3.8, 4) is 0 Å². The van der Waals surface area contributed by atoms with Crippen molar-refractivity contribution in [1.82, 2.24) is 4.90 Å². The van der Waals surface area contributed by atoms with Crippen molar-refractivity contribution < 1.29 is 14.7 Å². The Morgan fingerprint density at radius 3 is 2.05 bits per heavy atom. The molecule has 20 heavy (non-hydrogen) atoms. The lowest BCUT2D eigenvalue weighted by Gasteiger charge is -2.26. The number of carboxylic acids is 1. The molecule has 1 atom stereocenters. The van der Waals surface area contributed by atoms with Crippen LogP contribution in [0.4, 0.5) is 0 Å². The maximum atomic E-state index is 12.2. The summed E-state index contributed by atoms with van der Waals surface area (Å²) >= 11 is 1.46. The van der Waals surface area contributed by atoms with Crippen molar-refractivity contribution in [1.29, 1.82) is 0 Å². The molecule has 0 aliphatic carbocycles. The summed E-state index contributed by atoms with van der Waals surface area (Å²) in [6, 6.07) is -0.833. The zero-order valence-electron chi connectivity index (χ0n) is 13.0. The number of amides is 1. The average molecular weight is 304 g/mol. The molecule has 0 aromatic rings. The van der Waals surface area contributed by atoms with Crippen LogP contribution in [0.25, 0.3) is 0 Å². The maximum Gasteiger partial charge on any atom is 0.320 e. The predicted molar refractivity (Wildman–Crippen MR) is 83.8 cm³/mol. The summed E-state index contributed by atoms with van der Waals surface area (Å²) in [5.41, 5.74) is 5.42. The topological polar surface area (TPSA) is 83.6 Å². The second-order valence-corrected chi connectivity index (χ2v) is 6.98. The van der Waals surface area contributed by atoms with E-state index in [9.17, 15) is 9.59 Å². The molecule has 0 aliphatic rings. The summed E-state index contributed by atoms with van der Waals surface area (Å²) in [5.74, 6) is 1.02. The predicted octanol–water partition coefficient (Wildman–Crippen LogP) is 1.66. The lowest BCUT2D eigenvalue weighted by atomic mass is 10.1. The molecule has 0 rings (SSSR count). The number of nitrogens with zero attached hydrogens (tertiary/aromatic N) is 1. The third-order valence-corrected chi connectivity index (χ3v) is 3.62. The Morgan fingerprint density at radius 2 is 1.65 bits per heavy atom. The molecule has 118 valence electrons. The van der Waals surface area contributed by atoms with Crippen LogP contribution in [0.1, 0.15) is 34.1 Å². The lowest BCUT2D eigenvalue weighted by Crippen LogP contribution is -2.38. The van der Waals surface area contributed by atoms with Crippen molar-refractivity contribution in [2.24, 2.45) is 17.6 Å². The number of carbonyl (C=O) groups is 2. The molecule has 6 heteroatoms. The molecular formula is C14H28N2O3S. The van der Waals surface area contributed by atoms with Crippen LogP contribution in [-0.4, -0.2) is 52.5 Å². The van der Waals surface area contributed by atoms with E-state index in [0.29, 0.717) is 29.8 Å². The number of carbonyl (C=O) groups excluding carboxylic acids is 1. The van der Waals surface area contributed by atoms with Gasteiger partial charge in [-0.05, 0) is 24.0 Å². The first-order valence-electron chi connectivity index (χ1n) is 7.07. The van der Waals surface area contributed by atoms with Crippen molar-refractivity contribution in [3.63, 3.8) is 0 Å². The van der Waals surface area contributed by atoms with E-state index in [1.54, 1.807) is 0 Å². The van der Waals surface area contributed by atoms with Gasteiger partial charge in [-0.1, -0.05) is 27.7 Å². The van der Waals surface area contributed by atoms with E-state index in [0.717, 1.165) is 13.1 Å². The van der Waals surface area contributed by atoms with E-state index in [1.165, 1.54) is 11.8 Å². The molecule has 3 N–H and O–H groups in total. The SMILES string of the molecule is CC(C)CN(CC(C)C)C(=O)CSCCC(N)C(=O)O. The first kappa shape index (κ1) is 19.2. The van der Waals surface area contributed by atoms with Crippen LogP contribution in [-0.2, 0) is 9.59 Å². The Labute approximate surface area is 126 Å². The second kappa shape index (κ2) is 10.0. The molecule has 0 saturated carbocycles. The number of hydrogen-bond acceptors (Lipinski definition) is 4. The number of hydrogen-bond donors (Lipinski definition) is 2. The van der Waals surface area contributed by atoms with Crippen LogP contribution < -0.4 is 5.73 Å². The molecule has 1 amide bonds. The third kappa shape index (κ3) is 9.20. The van der Waals surface area contributed by atoms with E-state index in [4.69, 9.17) is 10.8 Å². The van der Waals surface area contributed by atoms with Gasteiger partial charge in [-0.25, -0.2) is 0 Å². The van der Waals surface area contributed by atoms with Crippen molar-refractivity contribution in [2.75, 3.05) is 24.6 Å². The van der Waals surface area contributed by atoms with E-state index in [2.05, 4.69) is 27.7 Å². The fraction of sp³-hybridized carbons (Fsp3) is 0.857. The van der Waals surface area contributed by atoms with Gasteiger partial charge in [0.15, 0.2) is 0 Å². The molecule has 0 radical (unpaired) electrons. The van der Waals surface area contributed by atoms with Gasteiger partial charge in [-0.2, -0.15) is 11.8 Å². The van der Waals surface area contributed by atoms with Crippen LogP contribution in [0.3, 0.4) is 0 Å². The van der Waals surface area contributed by atoms with E-state index < -0.39 is 12.0 Å². The number of rotatable bonds is 10. The number of nitrogens with two attached hydrogens (primary N) is 1. The quantitative estimate of drug-likeness (QED) is 0.600. The summed E-state index contributed by atoms with van der Waals surface area (Å²) in [5, 5.41) is 8.67. The first-order valence-corrected chi connectivity index (χ1v) is 8.23. The summed E-state index contributed by atoms with van der Waals surface area (Å²) in [7, 11) is 0. The minimum atomic E-state index is -0.988. The van der Waals surface area contributed by atoms with Gasteiger partial charge in [0.05, 0.1) is 5.75 Å². The fourth-order valence-electron chi connectivity index (χ4n) is 1.74. The van der Waals surface area contributed by atoms with Crippen molar-refractivity contribution in [3.05, 3.63) is 0 Å². The van der Waals surface area contributed by atoms with Gasteiger partial charge in [0.1, 0.15) is 6.04 Å². The zero-order valence-corrected chi connectivity index (χ0v) is 13.8. The van der Waals surface area contributed by atoms with Gasteiger partial charge in [0, 0.05) is 13.1 Å². The normalized spacial score (nSPS) is 12.8. The van der Waals surface area contributed by atoms with Crippen LogP contribution >= 0.6 is 11.8 Å². The average Bonchev–Trinajstić information content (AvgIpc) is 2.31. The second-order valence-electron chi connectivity index (χ2n) is 5.87. The molecule has 0 bridgehead atoms. The smallest absolute Gasteiger partial charge is 0.320 e. The highest BCUT2D eigenvalue weighted by atomic mass is 32.2. The first-order chi connectivity index (χ1) is 9.23. The fourth-order valence-corrected chi connectivity index (χ4v) is 2.67. The lowest BCUT2D eigenvalue weighted by molar-refractivity contribution is -0.138. The monoisotopic (exact) mass is 304 g/mol. The number of carboxylic acid groups (broad SMARTS) is 1. The Balaban J connectivity index is 4.09. The molecule has 0 saturated heterocycles. The maximum absolute atomic E-state index is 12.2. The minimum Gasteiger partial charge on any atom is -0.480 e. The number of aliphatic carboxylic acids is 1. The largest absolute Gasteiger partial charge is 0.480 e. The standard InChI is InChI=1S/C14H28N2O3S/c1-10(2)7-16(8-11(3)4)13(17)9-20-6-5-12(15)14(18)19/h10-12H,5-9,15H2,1-4H3,(H,18,19). The highest BCUT2D eigenvalue weighted by Crippen LogP contribution is 2.10. The van der Waals surface area contributed by atoms with Crippen LogP contribution in [0.5, 0.6) is 0 Å². The Kier molecular flexibility index (Phi) is 9.67.